The third kappa shape index (κ3) is 2.14. The van der Waals surface area contributed by atoms with Crippen LogP contribution < -0.4 is 4.94 Å². The van der Waals surface area contributed by atoms with Crippen LogP contribution in [0.25, 0.3) is 12.2 Å². The van der Waals surface area contributed by atoms with Crippen molar-refractivity contribution >= 4 is 23.7 Å². The summed E-state index contributed by atoms with van der Waals surface area (Å²) in [5.74, 6) is 0.311. The van der Waals surface area contributed by atoms with E-state index in [2.05, 4.69) is 9.36 Å². The second kappa shape index (κ2) is 3.97. The Morgan fingerprint density at radius 2 is 2.29 bits per heavy atom. The Balaban J connectivity index is 2.19. The lowest BCUT2D eigenvalue weighted by Gasteiger charge is -1.87. The van der Waals surface area contributed by atoms with Crippen molar-refractivity contribution in [1.29, 1.82) is 0 Å². The Labute approximate surface area is 83.7 Å². The maximum absolute atomic E-state index is 10.6. The van der Waals surface area contributed by atoms with Crippen molar-refractivity contribution in [1.82, 2.24) is 9.36 Å². The van der Waals surface area contributed by atoms with Crippen LogP contribution in [-0.2, 0) is 0 Å². The first-order valence-corrected chi connectivity index (χ1v) is 4.68. The smallest absolute Gasteiger partial charge is 0.395 e. The van der Waals surface area contributed by atoms with Gasteiger partial charge in [-0.25, -0.2) is 4.79 Å². The molecule has 2 aromatic rings. The second-order valence-electron chi connectivity index (χ2n) is 2.46. The highest BCUT2D eigenvalue weighted by Crippen LogP contribution is 2.02. The summed E-state index contributed by atoms with van der Waals surface area (Å²) in [5.41, 5.74) is 0.795. The summed E-state index contributed by atoms with van der Waals surface area (Å²) in [5, 5.41) is 0. The molecule has 0 saturated heterocycles. The number of pyridine rings is 1. The molecule has 0 bridgehead atoms. The van der Waals surface area contributed by atoms with Crippen LogP contribution in [0.3, 0.4) is 0 Å². The highest BCUT2D eigenvalue weighted by molar-refractivity contribution is 7.02. The van der Waals surface area contributed by atoms with Gasteiger partial charge in [0, 0.05) is 12.3 Å². The summed E-state index contributed by atoms with van der Waals surface area (Å²) in [6.07, 6.45) is 5.04. The van der Waals surface area contributed by atoms with E-state index in [0.29, 0.717) is 5.89 Å². The molecule has 0 saturated carbocycles. The van der Waals surface area contributed by atoms with E-state index in [4.69, 9.17) is 4.42 Å². The monoisotopic (exact) mass is 206 g/mol. The van der Waals surface area contributed by atoms with Crippen molar-refractivity contribution in [2.75, 3.05) is 0 Å². The highest BCUT2D eigenvalue weighted by atomic mass is 32.1. The van der Waals surface area contributed by atoms with Gasteiger partial charge < -0.3 is 4.42 Å². The largest absolute Gasteiger partial charge is 0.414 e. The first-order chi connectivity index (χ1) is 6.84. The molecule has 0 aliphatic heterocycles. The molecule has 0 aromatic carbocycles. The van der Waals surface area contributed by atoms with Crippen LogP contribution in [0.4, 0.5) is 0 Å². The molecular formula is C9H6N2O2S. The Morgan fingerprint density at radius 3 is 2.93 bits per heavy atom. The van der Waals surface area contributed by atoms with Gasteiger partial charge in [-0.15, -0.1) is 4.37 Å². The van der Waals surface area contributed by atoms with Gasteiger partial charge in [0.15, 0.2) is 0 Å². The van der Waals surface area contributed by atoms with Gasteiger partial charge in [-0.05, 0) is 18.2 Å². The average molecular weight is 206 g/mol. The minimum absolute atomic E-state index is 0.311. The van der Waals surface area contributed by atoms with Crippen LogP contribution in [0.1, 0.15) is 11.6 Å². The number of aromatic nitrogens is 2. The van der Waals surface area contributed by atoms with E-state index in [1.807, 2.05) is 18.2 Å². The van der Waals surface area contributed by atoms with E-state index < -0.39 is 4.94 Å². The number of nitrogens with zero attached hydrogens (tertiary/aromatic N) is 2. The summed E-state index contributed by atoms with van der Waals surface area (Å²) >= 11 is 0.796. The molecule has 0 amide bonds. The summed E-state index contributed by atoms with van der Waals surface area (Å²) < 4.78 is 8.52. The van der Waals surface area contributed by atoms with Gasteiger partial charge in [0.05, 0.1) is 17.2 Å². The molecule has 4 nitrogen and oxygen atoms in total. The fraction of sp³-hybridized carbons (Fsp3) is 0. The Hall–Kier alpha value is -1.75. The summed E-state index contributed by atoms with van der Waals surface area (Å²) in [7, 11) is 0. The normalized spacial score (nSPS) is 10.9. The van der Waals surface area contributed by atoms with E-state index >= 15 is 0 Å². The van der Waals surface area contributed by atoms with Crippen LogP contribution in [0.5, 0.6) is 0 Å². The van der Waals surface area contributed by atoms with Crippen molar-refractivity contribution in [2.45, 2.75) is 0 Å². The molecule has 0 aliphatic carbocycles. The molecule has 5 heteroatoms. The molecule has 0 fully saturated rings. The fourth-order valence-corrected chi connectivity index (χ4v) is 1.29. The van der Waals surface area contributed by atoms with Crippen molar-refractivity contribution in [3.8, 4) is 0 Å². The zero-order valence-electron chi connectivity index (χ0n) is 7.08. The lowest BCUT2D eigenvalue weighted by atomic mass is 10.3. The number of rotatable bonds is 2. The second-order valence-corrected chi connectivity index (χ2v) is 3.16. The topological polar surface area (TPSA) is 56.0 Å². The van der Waals surface area contributed by atoms with E-state index in [1.165, 1.54) is 0 Å². The van der Waals surface area contributed by atoms with E-state index in [0.717, 1.165) is 17.2 Å². The van der Waals surface area contributed by atoms with Crippen LogP contribution in [0.15, 0.2) is 33.6 Å². The van der Waals surface area contributed by atoms with Gasteiger partial charge in [0.25, 0.3) is 0 Å². The van der Waals surface area contributed by atoms with Crippen molar-refractivity contribution in [2.24, 2.45) is 0 Å². The Bertz CT molecular complexity index is 487. The molecule has 0 aliphatic rings. The maximum Gasteiger partial charge on any atom is 0.414 e. The first kappa shape index (κ1) is 8.83. The van der Waals surface area contributed by atoms with Crippen molar-refractivity contribution in [3.63, 3.8) is 0 Å². The number of hydrogen-bond donors (Lipinski definition) is 0. The van der Waals surface area contributed by atoms with Crippen LogP contribution in [0, 0.1) is 0 Å². The van der Waals surface area contributed by atoms with Crippen molar-refractivity contribution < 1.29 is 4.42 Å². The molecule has 0 atom stereocenters. The van der Waals surface area contributed by atoms with Gasteiger partial charge in [-0.3, -0.25) is 4.98 Å². The molecule has 2 rings (SSSR count). The standard InChI is InChI=1S/C9H6N2O2S/c12-9-13-8(11-14-9)5-4-7-3-1-2-6-10-7/h1-6H/b5-4+. The van der Waals surface area contributed by atoms with Crippen molar-refractivity contribution in [3.05, 3.63) is 45.7 Å². The minimum atomic E-state index is -0.398. The van der Waals surface area contributed by atoms with Gasteiger partial charge in [-0.1, -0.05) is 6.07 Å². The fourth-order valence-electron chi connectivity index (χ4n) is 0.901. The molecule has 0 spiro atoms. The van der Waals surface area contributed by atoms with E-state index in [-0.39, 0.29) is 0 Å². The molecule has 0 unspecified atom stereocenters. The van der Waals surface area contributed by atoms with E-state index in [9.17, 15) is 4.79 Å². The maximum atomic E-state index is 10.6. The zero-order valence-corrected chi connectivity index (χ0v) is 7.90. The lowest BCUT2D eigenvalue weighted by Crippen LogP contribution is -1.81. The van der Waals surface area contributed by atoms with Gasteiger partial charge in [0.1, 0.15) is 0 Å². The van der Waals surface area contributed by atoms with Crippen LogP contribution in [0.2, 0.25) is 0 Å². The zero-order chi connectivity index (χ0) is 9.80. The third-order valence-corrected chi connectivity index (χ3v) is 1.99. The predicted molar refractivity (Wildman–Crippen MR) is 53.8 cm³/mol. The average Bonchev–Trinajstić information content (AvgIpc) is 2.63. The lowest BCUT2D eigenvalue weighted by molar-refractivity contribution is 0.516. The van der Waals surface area contributed by atoms with Crippen LogP contribution >= 0.6 is 11.5 Å². The van der Waals surface area contributed by atoms with Crippen LogP contribution in [-0.4, -0.2) is 9.36 Å². The SMILES string of the molecule is O=c1oc(/C=C/c2ccccn2)ns1. The Morgan fingerprint density at radius 1 is 1.36 bits per heavy atom. The molecule has 2 aromatic heterocycles. The van der Waals surface area contributed by atoms with E-state index in [1.54, 1.807) is 18.3 Å². The summed E-state index contributed by atoms with van der Waals surface area (Å²) in [4.78, 5) is 14.3. The first-order valence-electron chi connectivity index (χ1n) is 3.90. The molecule has 2 heterocycles. The van der Waals surface area contributed by atoms with Gasteiger partial charge >= 0.3 is 4.94 Å². The summed E-state index contributed by atoms with van der Waals surface area (Å²) in [6, 6.07) is 5.56. The van der Waals surface area contributed by atoms with Gasteiger partial charge in [0.2, 0.25) is 5.89 Å². The number of hydrogen-bond acceptors (Lipinski definition) is 5. The quantitative estimate of drug-likeness (QED) is 0.749. The predicted octanol–water partition coefficient (Wildman–Crippen LogP) is 1.66. The molecule has 14 heavy (non-hydrogen) atoms. The molecule has 0 N–H and O–H groups in total. The summed E-state index contributed by atoms with van der Waals surface area (Å²) in [6.45, 7) is 0. The van der Waals surface area contributed by atoms with Gasteiger partial charge in [-0.2, -0.15) is 0 Å². The highest BCUT2D eigenvalue weighted by Gasteiger charge is 1.95. The molecular weight excluding hydrogens is 200 g/mol. The molecule has 0 radical (unpaired) electrons. The third-order valence-electron chi connectivity index (χ3n) is 1.48. The minimum Gasteiger partial charge on any atom is -0.395 e. The Kier molecular flexibility index (Phi) is 2.51. The molecule has 70 valence electrons.